The molecule has 2 aromatic carbocycles. The number of carbonyl (C=O) groups is 2. The van der Waals surface area contributed by atoms with Crippen LogP contribution < -0.4 is 5.32 Å². The van der Waals surface area contributed by atoms with Crippen LogP contribution in [0.2, 0.25) is 5.02 Å². The lowest BCUT2D eigenvalue weighted by atomic mass is 10.1. The molecule has 0 saturated heterocycles. The number of hydrogen-bond acceptors (Lipinski definition) is 4. The van der Waals surface area contributed by atoms with Gasteiger partial charge in [0.1, 0.15) is 6.04 Å². The first-order valence-corrected chi connectivity index (χ1v) is 13.8. The fourth-order valence-electron chi connectivity index (χ4n) is 3.64. The number of amides is 2. The summed E-state index contributed by atoms with van der Waals surface area (Å²) < 4.78 is 26.8. The summed E-state index contributed by atoms with van der Waals surface area (Å²) in [5.41, 5.74) is 0.862. The molecule has 192 valence electrons. The largest absolute Gasteiger partial charge is 0.352 e. The van der Waals surface area contributed by atoms with Crippen molar-refractivity contribution in [3.05, 3.63) is 65.2 Å². The lowest BCUT2D eigenvalue weighted by molar-refractivity contribution is -0.141. The molecule has 2 atom stereocenters. The number of hydrogen-bond donors (Lipinski definition) is 1. The van der Waals surface area contributed by atoms with Gasteiger partial charge in [0, 0.05) is 37.6 Å². The average molecular weight is 522 g/mol. The van der Waals surface area contributed by atoms with Gasteiger partial charge >= 0.3 is 0 Å². The molecule has 2 rings (SSSR count). The van der Waals surface area contributed by atoms with Gasteiger partial charge in [0.05, 0.1) is 4.90 Å². The van der Waals surface area contributed by atoms with Crippen molar-refractivity contribution in [3.63, 3.8) is 0 Å². The van der Waals surface area contributed by atoms with Crippen LogP contribution in [0.3, 0.4) is 0 Å². The molecule has 0 aliphatic carbocycles. The summed E-state index contributed by atoms with van der Waals surface area (Å²) in [5.74, 6) is -0.385. The van der Waals surface area contributed by atoms with Crippen molar-refractivity contribution in [1.29, 1.82) is 0 Å². The lowest BCUT2D eigenvalue weighted by Gasteiger charge is -2.31. The van der Waals surface area contributed by atoms with Gasteiger partial charge in [0.15, 0.2) is 0 Å². The highest BCUT2D eigenvalue weighted by atomic mass is 35.5. The lowest BCUT2D eigenvalue weighted by Crippen LogP contribution is -2.50. The summed E-state index contributed by atoms with van der Waals surface area (Å²) in [6, 6.07) is 14.8. The van der Waals surface area contributed by atoms with Crippen molar-refractivity contribution in [2.75, 3.05) is 13.6 Å². The molecule has 1 N–H and O–H groups in total. The topological polar surface area (TPSA) is 86.8 Å². The van der Waals surface area contributed by atoms with Crippen LogP contribution >= 0.6 is 11.6 Å². The second kappa shape index (κ2) is 13.6. The Morgan fingerprint density at radius 1 is 1.00 bits per heavy atom. The Morgan fingerprint density at radius 3 is 2.20 bits per heavy atom. The van der Waals surface area contributed by atoms with E-state index in [9.17, 15) is 18.0 Å². The van der Waals surface area contributed by atoms with Crippen molar-refractivity contribution in [3.8, 4) is 0 Å². The standard InChI is InChI=1S/C26H36ClN3O4S/c1-5-20(3)28-26(32)24(6-2)30(19-21-14-16-22(27)17-15-21)25(31)13-10-18-29(4)35(33,34)23-11-8-7-9-12-23/h7-9,11-12,14-17,20,24H,5-6,10,13,18-19H2,1-4H3,(H,28,32)/t20-,24+/m0/s1. The smallest absolute Gasteiger partial charge is 0.243 e. The highest BCUT2D eigenvalue weighted by Gasteiger charge is 2.29. The second-order valence-corrected chi connectivity index (χ2v) is 11.1. The summed E-state index contributed by atoms with van der Waals surface area (Å²) in [4.78, 5) is 28.1. The highest BCUT2D eigenvalue weighted by Crippen LogP contribution is 2.18. The van der Waals surface area contributed by atoms with Crippen LogP contribution in [0.1, 0.15) is 52.0 Å². The van der Waals surface area contributed by atoms with Gasteiger partial charge in [0.25, 0.3) is 0 Å². The maximum atomic E-state index is 13.3. The monoisotopic (exact) mass is 521 g/mol. The third-order valence-electron chi connectivity index (χ3n) is 5.97. The Kier molecular flexibility index (Phi) is 11.2. The number of benzene rings is 2. The number of sulfonamides is 1. The molecule has 0 radical (unpaired) electrons. The third-order valence-corrected chi connectivity index (χ3v) is 8.09. The van der Waals surface area contributed by atoms with Gasteiger partial charge in [-0.2, -0.15) is 0 Å². The molecule has 0 fully saturated rings. The predicted octanol–water partition coefficient (Wildman–Crippen LogP) is 4.46. The van der Waals surface area contributed by atoms with Crippen molar-refractivity contribution in [1.82, 2.24) is 14.5 Å². The molecule has 0 unspecified atom stereocenters. The van der Waals surface area contributed by atoms with E-state index >= 15 is 0 Å². The van der Waals surface area contributed by atoms with Gasteiger partial charge in [0.2, 0.25) is 21.8 Å². The van der Waals surface area contributed by atoms with E-state index in [-0.39, 0.29) is 42.3 Å². The predicted molar refractivity (Wildman–Crippen MR) is 139 cm³/mol. The summed E-state index contributed by atoms with van der Waals surface area (Å²) in [6.07, 6.45) is 1.71. The fourth-order valence-corrected chi connectivity index (χ4v) is 4.99. The molecule has 0 bridgehead atoms. The minimum absolute atomic E-state index is 0.000812. The van der Waals surface area contributed by atoms with Crippen LogP contribution in [0.15, 0.2) is 59.5 Å². The van der Waals surface area contributed by atoms with Crippen LogP contribution in [0.5, 0.6) is 0 Å². The van der Waals surface area contributed by atoms with Gasteiger partial charge in [-0.3, -0.25) is 9.59 Å². The van der Waals surface area contributed by atoms with Gasteiger partial charge in [-0.25, -0.2) is 12.7 Å². The van der Waals surface area contributed by atoms with E-state index in [1.165, 1.54) is 11.4 Å². The summed E-state index contributed by atoms with van der Waals surface area (Å²) in [5, 5.41) is 3.58. The fraction of sp³-hybridized carbons (Fsp3) is 0.462. The molecule has 2 amide bonds. The Morgan fingerprint density at radius 2 is 1.63 bits per heavy atom. The van der Waals surface area contributed by atoms with Crippen molar-refractivity contribution >= 4 is 33.4 Å². The maximum Gasteiger partial charge on any atom is 0.243 e. The van der Waals surface area contributed by atoms with Gasteiger partial charge in [-0.15, -0.1) is 0 Å². The Bertz CT molecular complexity index is 1060. The van der Waals surface area contributed by atoms with E-state index in [1.807, 2.05) is 32.9 Å². The molecular formula is C26H36ClN3O4S. The van der Waals surface area contributed by atoms with Crippen LogP contribution in [0.4, 0.5) is 0 Å². The summed E-state index contributed by atoms with van der Waals surface area (Å²) in [7, 11) is -2.12. The molecule has 7 nitrogen and oxygen atoms in total. The van der Waals surface area contributed by atoms with Crippen LogP contribution in [0, 0.1) is 0 Å². The number of nitrogens with zero attached hydrogens (tertiary/aromatic N) is 2. The minimum Gasteiger partial charge on any atom is -0.352 e. The van der Waals surface area contributed by atoms with E-state index in [0.29, 0.717) is 17.9 Å². The molecule has 0 saturated carbocycles. The van der Waals surface area contributed by atoms with E-state index in [4.69, 9.17) is 11.6 Å². The van der Waals surface area contributed by atoms with Crippen LogP contribution in [0.25, 0.3) is 0 Å². The first-order chi connectivity index (χ1) is 16.6. The number of halogens is 1. The normalized spacial score (nSPS) is 13.3. The number of rotatable bonds is 13. The molecule has 0 aliphatic heterocycles. The van der Waals surface area contributed by atoms with Crippen molar-refractivity contribution in [2.45, 2.75) is 70.0 Å². The van der Waals surface area contributed by atoms with E-state index in [1.54, 1.807) is 47.4 Å². The molecule has 0 spiro atoms. The van der Waals surface area contributed by atoms with E-state index < -0.39 is 16.1 Å². The van der Waals surface area contributed by atoms with E-state index in [0.717, 1.165) is 12.0 Å². The van der Waals surface area contributed by atoms with E-state index in [2.05, 4.69) is 5.32 Å². The number of nitrogens with one attached hydrogen (secondary N) is 1. The van der Waals surface area contributed by atoms with Crippen molar-refractivity contribution < 1.29 is 18.0 Å². The van der Waals surface area contributed by atoms with Crippen LogP contribution in [-0.4, -0.2) is 55.1 Å². The maximum absolute atomic E-state index is 13.3. The molecule has 0 aliphatic rings. The van der Waals surface area contributed by atoms with Crippen LogP contribution in [-0.2, 0) is 26.2 Å². The SMILES string of the molecule is CC[C@H](C(=O)N[C@@H](C)CC)N(Cc1ccc(Cl)cc1)C(=O)CCCN(C)S(=O)(=O)c1ccccc1. The molecule has 35 heavy (non-hydrogen) atoms. The summed E-state index contributed by atoms with van der Waals surface area (Å²) in [6.45, 7) is 6.25. The number of carbonyl (C=O) groups excluding carboxylic acids is 2. The molecule has 0 aromatic heterocycles. The zero-order valence-electron chi connectivity index (χ0n) is 20.9. The zero-order valence-corrected chi connectivity index (χ0v) is 22.5. The van der Waals surface area contributed by atoms with Gasteiger partial charge in [-0.1, -0.05) is 55.8 Å². The molecule has 0 heterocycles. The second-order valence-electron chi connectivity index (χ2n) is 8.63. The molecule has 9 heteroatoms. The van der Waals surface area contributed by atoms with Gasteiger partial charge < -0.3 is 10.2 Å². The first-order valence-electron chi connectivity index (χ1n) is 12.0. The minimum atomic E-state index is -3.63. The third kappa shape index (κ3) is 8.33. The average Bonchev–Trinajstić information content (AvgIpc) is 2.85. The zero-order chi connectivity index (χ0) is 26.0. The molecular weight excluding hydrogens is 486 g/mol. The Labute approximate surface area is 214 Å². The van der Waals surface area contributed by atoms with Crippen molar-refractivity contribution in [2.24, 2.45) is 0 Å². The quantitative estimate of drug-likeness (QED) is 0.421. The summed E-state index contributed by atoms with van der Waals surface area (Å²) >= 11 is 6.01. The molecule has 2 aromatic rings. The highest BCUT2D eigenvalue weighted by molar-refractivity contribution is 7.89. The Hall–Kier alpha value is -2.42. The Balaban J connectivity index is 2.13. The van der Waals surface area contributed by atoms with Gasteiger partial charge in [-0.05, 0) is 56.0 Å². The first kappa shape index (κ1) is 28.8.